The van der Waals surface area contributed by atoms with Crippen molar-refractivity contribution in [2.24, 2.45) is 0 Å². The number of hydrogen-bond donors (Lipinski definition) is 2. The summed E-state index contributed by atoms with van der Waals surface area (Å²) in [7, 11) is 0. The van der Waals surface area contributed by atoms with Crippen molar-refractivity contribution in [3.63, 3.8) is 0 Å². The fourth-order valence-corrected chi connectivity index (χ4v) is 1.82. The van der Waals surface area contributed by atoms with Crippen LogP contribution in [0.5, 0.6) is 0 Å². The summed E-state index contributed by atoms with van der Waals surface area (Å²) in [5, 5.41) is 14.8. The number of carbonyl (C=O) groups is 1. The number of aryl methyl sites for hydroxylation is 1. The van der Waals surface area contributed by atoms with E-state index in [4.69, 9.17) is 5.26 Å². The minimum absolute atomic E-state index is 0.0706. The molecule has 0 saturated carbocycles. The zero-order valence-corrected chi connectivity index (χ0v) is 12.9. The molecule has 0 radical (unpaired) electrons. The average Bonchev–Trinajstić information content (AvgIpc) is 2.48. The molecule has 21 heavy (non-hydrogen) atoms. The lowest BCUT2D eigenvalue weighted by molar-refractivity contribution is -0.117. The molecule has 1 rings (SSSR count). The van der Waals surface area contributed by atoms with E-state index in [1.54, 1.807) is 0 Å². The van der Waals surface area contributed by atoms with Crippen LogP contribution in [0.3, 0.4) is 0 Å². The van der Waals surface area contributed by atoms with Crippen molar-refractivity contribution in [2.45, 2.75) is 39.7 Å². The molecule has 0 aromatic heterocycles. The van der Waals surface area contributed by atoms with Crippen molar-refractivity contribution in [3.05, 3.63) is 47.2 Å². The molecule has 0 aliphatic heterocycles. The Morgan fingerprint density at radius 1 is 1.43 bits per heavy atom. The number of benzene rings is 1. The highest BCUT2D eigenvalue weighted by molar-refractivity contribution is 5.97. The molecule has 2 N–H and O–H groups in total. The average molecular weight is 285 g/mol. The summed E-state index contributed by atoms with van der Waals surface area (Å²) in [6.07, 6.45) is 3.19. The van der Waals surface area contributed by atoms with Crippen molar-refractivity contribution in [2.75, 3.05) is 6.54 Å². The first-order valence-corrected chi connectivity index (χ1v) is 7.27. The van der Waals surface area contributed by atoms with Crippen LogP contribution in [0.2, 0.25) is 0 Å². The van der Waals surface area contributed by atoms with E-state index in [1.807, 2.05) is 32.0 Å². The molecule has 1 atom stereocenters. The zero-order chi connectivity index (χ0) is 15.7. The van der Waals surface area contributed by atoms with Gasteiger partial charge in [-0.25, -0.2) is 0 Å². The van der Waals surface area contributed by atoms with E-state index in [0.717, 1.165) is 12.8 Å². The highest BCUT2D eigenvalue weighted by atomic mass is 16.1. The quantitative estimate of drug-likeness (QED) is 0.459. The van der Waals surface area contributed by atoms with Gasteiger partial charge in [-0.3, -0.25) is 4.79 Å². The molecule has 1 aromatic rings. The van der Waals surface area contributed by atoms with Gasteiger partial charge in [-0.1, -0.05) is 31.2 Å². The molecule has 112 valence electrons. The molecule has 1 aromatic carbocycles. The minimum Gasteiger partial charge on any atom is -0.389 e. The third-order valence-electron chi connectivity index (χ3n) is 3.40. The van der Waals surface area contributed by atoms with Gasteiger partial charge in [0.1, 0.15) is 11.6 Å². The summed E-state index contributed by atoms with van der Waals surface area (Å²) in [5.74, 6) is -0.324. The lowest BCUT2D eigenvalue weighted by atomic mass is 10.1. The van der Waals surface area contributed by atoms with Crippen LogP contribution >= 0.6 is 0 Å². The first-order valence-electron chi connectivity index (χ1n) is 7.27. The lowest BCUT2D eigenvalue weighted by Gasteiger charge is -2.10. The number of nitrogens with zero attached hydrogens (tertiary/aromatic N) is 1. The molecular weight excluding hydrogens is 262 g/mol. The van der Waals surface area contributed by atoms with Crippen LogP contribution in [0.25, 0.3) is 0 Å². The van der Waals surface area contributed by atoms with Gasteiger partial charge in [0, 0.05) is 18.8 Å². The molecule has 0 aliphatic rings. The van der Waals surface area contributed by atoms with Crippen LogP contribution in [0.15, 0.2) is 36.0 Å². The molecular formula is C17H23N3O. The number of amides is 1. The van der Waals surface area contributed by atoms with E-state index in [0.29, 0.717) is 6.54 Å². The second-order valence-electron chi connectivity index (χ2n) is 5.08. The van der Waals surface area contributed by atoms with Crippen LogP contribution in [-0.4, -0.2) is 18.5 Å². The molecule has 1 unspecified atom stereocenters. The SMILES string of the molecule is CCC(C)NC(=O)/C(C#N)=C\NCCc1ccccc1C. The van der Waals surface area contributed by atoms with Crippen molar-refractivity contribution in [1.82, 2.24) is 10.6 Å². The van der Waals surface area contributed by atoms with Gasteiger partial charge in [0.2, 0.25) is 0 Å². The predicted octanol–water partition coefficient (Wildman–Crippen LogP) is 2.45. The van der Waals surface area contributed by atoms with Gasteiger partial charge >= 0.3 is 0 Å². The second-order valence-corrected chi connectivity index (χ2v) is 5.08. The van der Waals surface area contributed by atoms with Gasteiger partial charge in [-0.2, -0.15) is 5.26 Å². The molecule has 0 fully saturated rings. The number of nitrogens with one attached hydrogen (secondary N) is 2. The van der Waals surface area contributed by atoms with Crippen molar-refractivity contribution in [3.8, 4) is 6.07 Å². The van der Waals surface area contributed by atoms with Crippen molar-refractivity contribution >= 4 is 5.91 Å². The molecule has 0 saturated heterocycles. The van der Waals surface area contributed by atoms with E-state index in [9.17, 15) is 4.79 Å². The Hall–Kier alpha value is -2.28. The predicted molar refractivity (Wildman–Crippen MR) is 84.5 cm³/mol. The maximum Gasteiger partial charge on any atom is 0.263 e. The minimum atomic E-state index is -0.324. The summed E-state index contributed by atoms with van der Waals surface area (Å²) >= 11 is 0. The van der Waals surface area contributed by atoms with Gasteiger partial charge in [0.05, 0.1) is 0 Å². The molecule has 0 bridgehead atoms. The molecule has 4 nitrogen and oxygen atoms in total. The van der Waals surface area contributed by atoms with E-state index in [1.165, 1.54) is 17.3 Å². The highest BCUT2D eigenvalue weighted by Gasteiger charge is 2.10. The number of nitriles is 1. The number of rotatable bonds is 7. The fourth-order valence-electron chi connectivity index (χ4n) is 1.82. The second kappa shape index (κ2) is 8.80. The Kier molecular flexibility index (Phi) is 7.03. The fraction of sp³-hybridized carbons (Fsp3) is 0.412. The highest BCUT2D eigenvalue weighted by Crippen LogP contribution is 2.06. The summed E-state index contributed by atoms with van der Waals surface area (Å²) in [6, 6.07) is 10.2. The molecule has 0 spiro atoms. The van der Waals surface area contributed by atoms with Crippen LogP contribution in [-0.2, 0) is 11.2 Å². The summed E-state index contributed by atoms with van der Waals surface area (Å²) in [4.78, 5) is 11.8. The molecule has 1 amide bonds. The Bertz CT molecular complexity index is 543. The Balaban J connectivity index is 2.49. The maximum atomic E-state index is 11.8. The number of hydrogen-bond acceptors (Lipinski definition) is 3. The maximum absolute atomic E-state index is 11.8. The van der Waals surface area contributed by atoms with E-state index in [2.05, 4.69) is 29.7 Å². The van der Waals surface area contributed by atoms with Gasteiger partial charge in [-0.15, -0.1) is 0 Å². The van der Waals surface area contributed by atoms with Gasteiger partial charge < -0.3 is 10.6 Å². The molecule has 0 aliphatic carbocycles. The van der Waals surface area contributed by atoms with E-state index >= 15 is 0 Å². The van der Waals surface area contributed by atoms with Crippen molar-refractivity contribution < 1.29 is 4.79 Å². The number of carbonyl (C=O) groups excluding carboxylic acids is 1. The van der Waals surface area contributed by atoms with Crippen LogP contribution in [0.4, 0.5) is 0 Å². The Morgan fingerprint density at radius 2 is 2.14 bits per heavy atom. The smallest absolute Gasteiger partial charge is 0.263 e. The van der Waals surface area contributed by atoms with Crippen LogP contribution in [0.1, 0.15) is 31.4 Å². The van der Waals surface area contributed by atoms with Crippen LogP contribution in [0, 0.1) is 18.3 Å². The molecule has 4 heteroatoms. The monoisotopic (exact) mass is 285 g/mol. The third kappa shape index (κ3) is 5.70. The van der Waals surface area contributed by atoms with E-state index in [-0.39, 0.29) is 17.5 Å². The van der Waals surface area contributed by atoms with Gasteiger partial charge in [0.15, 0.2) is 0 Å². The normalized spacial score (nSPS) is 12.4. The Labute approximate surface area is 126 Å². The summed E-state index contributed by atoms with van der Waals surface area (Å²) < 4.78 is 0. The topological polar surface area (TPSA) is 64.9 Å². The third-order valence-corrected chi connectivity index (χ3v) is 3.40. The van der Waals surface area contributed by atoms with Crippen molar-refractivity contribution in [1.29, 1.82) is 5.26 Å². The van der Waals surface area contributed by atoms with Gasteiger partial charge in [-0.05, 0) is 37.8 Å². The summed E-state index contributed by atoms with van der Waals surface area (Å²) in [5.41, 5.74) is 2.62. The first-order chi connectivity index (χ1) is 10.1. The Morgan fingerprint density at radius 3 is 2.76 bits per heavy atom. The summed E-state index contributed by atoms with van der Waals surface area (Å²) in [6.45, 7) is 6.66. The van der Waals surface area contributed by atoms with E-state index < -0.39 is 0 Å². The zero-order valence-electron chi connectivity index (χ0n) is 12.9. The molecule has 0 heterocycles. The standard InChI is InChI=1S/C17H23N3O/c1-4-14(3)20-17(21)16(11-18)12-19-10-9-15-8-6-5-7-13(15)2/h5-8,12,14,19H,4,9-10H2,1-3H3,(H,20,21)/b16-12-. The largest absolute Gasteiger partial charge is 0.389 e. The lowest BCUT2D eigenvalue weighted by Crippen LogP contribution is -2.33. The first kappa shape index (κ1) is 16.8. The van der Waals surface area contributed by atoms with Crippen LogP contribution < -0.4 is 10.6 Å². The van der Waals surface area contributed by atoms with Gasteiger partial charge in [0.25, 0.3) is 5.91 Å².